The van der Waals surface area contributed by atoms with Crippen LogP contribution in [0.2, 0.25) is 0 Å². The standard InChI is InChI=1S/C23H31N3O/c1-14(2)20-7-5-6-15(3)22(20)26-23(27)19(12-24)13-25-16(4)21-11-17-8-9-18(21)10-17/h5-7,13-14,16-18,21,25H,8-11H2,1-4H3,(H,26,27)/b19-13-. The normalized spacial score (nSPS) is 25.3. The van der Waals surface area contributed by atoms with Crippen molar-refractivity contribution in [2.75, 3.05) is 5.32 Å². The first kappa shape index (κ1) is 19.5. The van der Waals surface area contributed by atoms with Crippen molar-refractivity contribution < 1.29 is 4.79 Å². The van der Waals surface area contributed by atoms with E-state index in [1.54, 1.807) is 6.20 Å². The Morgan fingerprint density at radius 3 is 2.63 bits per heavy atom. The van der Waals surface area contributed by atoms with Gasteiger partial charge in [0.15, 0.2) is 0 Å². The number of rotatable bonds is 6. The molecule has 144 valence electrons. The van der Waals surface area contributed by atoms with Crippen molar-refractivity contribution >= 4 is 11.6 Å². The molecular formula is C23H31N3O. The lowest BCUT2D eigenvalue weighted by Crippen LogP contribution is -2.34. The van der Waals surface area contributed by atoms with E-state index in [-0.39, 0.29) is 11.5 Å². The third kappa shape index (κ3) is 4.18. The quantitative estimate of drug-likeness (QED) is 0.558. The second-order valence-electron chi connectivity index (χ2n) is 8.61. The zero-order chi connectivity index (χ0) is 19.6. The topological polar surface area (TPSA) is 64.9 Å². The van der Waals surface area contributed by atoms with Crippen molar-refractivity contribution in [1.29, 1.82) is 5.26 Å². The van der Waals surface area contributed by atoms with Gasteiger partial charge < -0.3 is 10.6 Å². The Balaban J connectivity index is 1.68. The Kier molecular flexibility index (Phi) is 5.89. The number of nitrogens with one attached hydrogen (secondary N) is 2. The number of hydrogen-bond acceptors (Lipinski definition) is 3. The lowest BCUT2D eigenvalue weighted by molar-refractivity contribution is -0.112. The maximum Gasteiger partial charge on any atom is 0.267 e. The predicted molar refractivity (Wildman–Crippen MR) is 109 cm³/mol. The second-order valence-corrected chi connectivity index (χ2v) is 8.61. The fourth-order valence-corrected chi connectivity index (χ4v) is 4.92. The molecule has 4 nitrogen and oxygen atoms in total. The zero-order valence-electron chi connectivity index (χ0n) is 16.9. The summed E-state index contributed by atoms with van der Waals surface area (Å²) in [6, 6.07) is 8.35. The van der Waals surface area contributed by atoms with Gasteiger partial charge in [0.1, 0.15) is 11.6 Å². The molecule has 0 spiro atoms. The van der Waals surface area contributed by atoms with Gasteiger partial charge in [-0.1, -0.05) is 38.5 Å². The number of amides is 1. The van der Waals surface area contributed by atoms with Gasteiger partial charge in [-0.25, -0.2) is 0 Å². The molecular weight excluding hydrogens is 334 g/mol. The van der Waals surface area contributed by atoms with Gasteiger partial charge in [0.05, 0.1) is 0 Å². The van der Waals surface area contributed by atoms with Crippen LogP contribution in [0.3, 0.4) is 0 Å². The number of nitrogens with zero attached hydrogens (tertiary/aromatic N) is 1. The van der Waals surface area contributed by atoms with Crippen LogP contribution >= 0.6 is 0 Å². The Labute approximate surface area is 163 Å². The van der Waals surface area contributed by atoms with E-state index < -0.39 is 0 Å². The molecule has 1 aromatic rings. The van der Waals surface area contributed by atoms with E-state index >= 15 is 0 Å². The van der Waals surface area contributed by atoms with Crippen molar-refractivity contribution in [3.63, 3.8) is 0 Å². The summed E-state index contributed by atoms with van der Waals surface area (Å²) < 4.78 is 0. The largest absolute Gasteiger partial charge is 0.387 e. The summed E-state index contributed by atoms with van der Waals surface area (Å²) in [4.78, 5) is 12.7. The van der Waals surface area contributed by atoms with Crippen LogP contribution in [0.25, 0.3) is 0 Å². The maximum atomic E-state index is 12.7. The smallest absolute Gasteiger partial charge is 0.267 e. The molecule has 4 unspecified atom stereocenters. The number of hydrogen-bond donors (Lipinski definition) is 2. The molecule has 2 bridgehead atoms. The molecule has 1 amide bonds. The second kappa shape index (κ2) is 8.17. The van der Waals surface area contributed by atoms with Gasteiger partial charge in [0.2, 0.25) is 0 Å². The van der Waals surface area contributed by atoms with Crippen molar-refractivity contribution in [1.82, 2.24) is 5.32 Å². The molecule has 4 atom stereocenters. The third-order valence-corrected chi connectivity index (χ3v) is 6.46. The fraction of sp³-hybridized carbons (Fsp3) is 0.565. The molecule has 2 fully saturated rings. The molecule has 0 aliphatic heterocycles. The van der Waals surface area contributed by atoms with Gasteiger partial charge in [0.25, 0.3) is 5.91 Å². The molecule has 1 aromatic carbocycles. The molecule has 2 aliphatic carbocycles. The summed E-state index contributed by atoms with van der Waals surface area (Å²) in [5, 5.41) is 15.8. The number of benzene rings is 1. The first-order valence-electron chi connectivity index (χ1n) is 10.2. The van der Waals surface area contributed by atoms with Gasteiger partial charge in [-0.3, -0.25) is 4.79 Å². The van der Waals surface area contributed by atoms with E-state index in [1.807, 2.05) is 25.1 Å². The molecule has 2 aliphatic rings. The minimum absolute atomic E-state index is 0.128. The Morgan fingerprint density at radius 1 is 1.26 bits per heavy atom. The highest BCUT2D eigenvalue weighted by Crippen LogP contribution is 2.49. The summed E-state index contributed by atoms with van der Waals surface area (Å²) in [5.74, 6) is 2.31. The van der Waals surface area contributed by atoms with Crippen molar-refractivity contribution in [2.45, 2.75) is 65.3 Å². The van der Waals surface area contributed by atoms with Crippen LogP contribution in [0.15, 0.2) is 30.0 Å². The number of para-hydroxylation sites is 1. The van der Waals surface area contributed by atoms with E-state index in [0.29, 0.717) is 17.9 Å². The highest BCUT2D eigenvalue weighted by Gasteiger charge is 2.41. The minimum atomic E-state index is -0.346. The average Bonchev–Trinajstić information content (AvgIpc) is 3.27. The molecule has 4 heteroatoms. The van der Waals surface area contributed by atoms with Crippen LogP contribution in [0.1, 0.15) is 63.5 Å². The third-order valence-electron chi connectivity index (χ3n) is 6.46. The van der Waals surface area contributed by atoms with Gasteiger partial charge >= 0.3 is 0 Å². The monoisotopic (exact) mass is 365 g/mol. The van der Waals surface area contributed by atoms with Gasteiger partial charge in [-0.2, -0.15) is 5.26 Å². The zero-order valence-corrected chi connectivity index (χ0v) is 16.9. The number of carbonyl (C=O) groups excluding carboxylic acids is 1. The molecule has 27 heavy (non-hydrogen) atoms. The van der Waals surface area contributed by atoms with Crippen molar-refractivity contribution in [3.8, 4) is 6.07 Å². The highest BCUT2D eigenvalue weighted by atomic mass is 16.1. The lowest BCUT2D eigenvalue weighted by atomic mass is 9.84. The van der Waals surface area contributed by atoms with Crippen LogP contribution in [-0.2, 0) is 4.79 Å². The van der Waals surface area contributed by atoms with Crippen LogP contribution in [0.5, 0.6) is 0 Å². The Bertz CT molecular complexity index is 774. The van der Waals surface area contributed by atoms with E-state index in [4.69, 9.17) is 0 Å². The number of aryl methyl sites for hydroxylation is 1. The Hall–Kier alpha value is -2.28. The summed E-state index contributed by atoms with van der Waals surface area (Å²) in [6.07, 6.45) is 6.96. The van der Waals surface area contributed by atoms with Crippen LogP contribution in [0.4, 0.5) is 5.69 Å². The minimum Gasteiger partial charge on any atom is -0.387 e. The van der Waals surface area contributed by atoms with Gasteiger partial charge in [0, 0.05) is 17.9 Å². The molecule has 2 N–H and O–H groups in total. The lowest BCUT2D eigenvalue weighted by Gasteiger charge is -2.28. The number of nitriles is 1. The molecule has 0 saturated heterocycles. The molecule has 0 heterocycles. The predicted octanol–water partition coefficient (Wildman–Crippen LogP) is 4.88. The summed E-state index contributed by atoms with van der Waals surface area (Å²) in [6.45, 7) is 8.35. The van der Waals surface area contributed by atoms with Crippen LogP contribution in [-0.4, -0.2) is 11.9 Å². The Morgan fingerprint density at radius 2 is 2.04 bits per heavy atom. The molecule has 0 aromatic heterocycles. The van der Waals surface area contributed by atoms with E-state index in [1.165, 1.54) is 25.7 Å². The number of carbonyl (C=O) groups is 1. The van der Waals surface area contributed by atoms with Crippen LogP contribution in [0, 0.1) is 36.0 Å². The van der Waals surface area contributed by atoms with Gasteiger partial charge in [-0.15, -0.1) is 0 Å². The molecule has 3 rings (SSSR count). The number of fused-ring (bicyclic) bond motifs is 2. The first-order chi connectivity index (χ1) is 12.9. The van der Waals surface area contributed by atoms with E-state index in [2.05, 4.69) is 37.5 Å². The fourth-order valence-electron chi connectivity index (χ4n) is 4.92. The van der Waals surface area contributed by atoms with Crippen molar-refractivity contribution in [3.05, 3.63) is 41.1 Å². The first-order valence-corrected chi connectivity index (χ1v) is 10.2. The highest BCUT2D eigenvalue weighted by molar-refractivity contribution is 6.07. The van der Waals surface area contributed by atoms with Crippen molar-refractivity contribution in [2.24, 2.45) is 17.8 Å². The SMILES string of the molecule is Cc1cccc(C(C)C)c1NC(=O)/C(C#N)=C\NC(C)C1CC2CCC1C2. The number of anilines is 1. The molecule has 2 saturated carbocycles. The average molecular weight is 366 g/mol. The van der Waals surface area contributed by atoms with E-state index in [9.17, 15) is 10.1 Å². The van der Waals surface area contributed by atoms with Crippen LogP contribution < -0.4 is 10.6 Å². The maximum absolute atomic E-state index is 12.7. The summed E-state index contributed by atoms with van der Waals surface area (Å²) in [5.41, 5.74) is 3.04. The molecule has 0 radical (unpaired) electrons. The summed E-state index contributed by atoms with van der Waals surface area (Å²) in [7, 11) is 0. The van der Waals surface area contributed by atoms with E-state index in [0.717, 1.165) is 28.7 Å². The summed E-state index contributed by atoms with van der Waals surface area (Å²) >= 11 is 0. The van der Waals surface area contributed by atoms with Gasteiger partial charge in [-0.05, 0) is 67.9 Å².